The van der Waals surface area contributed by atoms with Gasteiger partial charge in [0.1, 0.15) is 11.6 Å². The summed E-state index contributed by atoms with van der Waals surface area (Å²) >= 11 is 6.25. The van der Waals surface area contributed by atoms with Crippen molar-refractivity contribution in [2.75, 3.05) is 24.6 Å². The summed E-state index contributed by atoms with van der Waals surface area (Å²) in [5, 5.41) is 15.8. The minimum atomic E-state index is -1.24. The highest BCUT2D eigenvalue weighted by Crippen LogP contribution is 2.38. The van der Waals surface area contributed by atoms with E-state index in [4.69, 9.17) is 40.6 Å². The van der Waals surface area contributed by atoms with Crippen LogP contribution in [-0.4, -0.2) is 62.7 Å². The van der Waals surface area contributed by atoms with E-state index in [2.05, 4.69) is 25.0 Å². The maximum atomic E-state index is 12.7. The molecule has 1 aromatic carbocycles. The van der Waals surface area contributed by atoms with Gasteiger partial charge in [0.05, 0.1) is 48.4 Å². The first-order valence-electron chi connectivity index (χ1n) is 15.7. The molecular formula is C35H47ClN4O6. The number of halogens is 1. The normalized spacial score (nSPS) is 16.3. The predicted octanol–water partition coefficient (Wildman–Crippen LogP) is 7.25. The number of ether oxygens (including phenoxy) is 4. The second kappa shape index (κ2) is 15.0. The number of benzene rings is 1. The fourth-order valence-electron chi connectivity index (χ4n) is 5.55. The second-order valence-corrected chi connectivity index (χ2v) is 13.5. The number of piperidine rings is 1. The van der Waals surface area contributed by atoms with E-state index in [1.807, 2.05) is 52.8 Å². The van der Waals surface area contributed by atoms with Crippen LogP contribution in [0.1, 0.15) is 82.5 Å². The van der Waals surface area contributed by atoms with Gasteiger partial charge in [-0.05, 0) is 66.5 Å². The highest BCUT2D eigenvalue weighted by molar-refractivity contribution is 6.30. The largest absolute Gasteiger partial charge is 0.490 e. The van der Waals surface area contributed by atoms with Crippen molar-refractivity contribution in [1.82, 2.24) is 14.6 Å². The van der Waals surface area contributed by atoms with E-state index in [1.165, 1.54) is 0 Å². The Labute approximate surface area is 276 Å². The number of aliphatic carboxylic acids is 1. The Morgan fingerprint density at radius 1 is 1.17 bits per heavy atom. The molecule has 250 valence electrons. The fourth-order valence-corrected chi connectivity index (χ4v) is 5.71. The SMILES string of the molecule is C=CCOC1(C)CCN(c2c([C@H](OC(C)(C)C)C(=O)O)c(C)nc3cc(COCc4ccc(Cl)cc4OC(C)CC=C)nn23)CC1. The van der Waals surface area contributed by atoms with Crippen molar-refractivity contribution in [3.8, 4) is 5.75 Å². The fraction of sp³-hybridized carbons (Fsp3) is 0.514. The number of fused-ring (bicyclic) bond motifs is 1. The summed E-state index contributed by atoms with van der Waals surface area (Å²) in [6.07, 6.45) is 4.46. The number of anilines is 1. The summed E-state index contributed by atoms with van der Waals surface area (Å²) in [6, 6.07) is 7.35. The van der Waals surface area contributed by atoms with Crippen LogP contribution in [0, 0.1) is 6.92 Å². The third-order valence-electron chi connectivity index (χ3n) is 7.85. The zero-order valence-corrected chi connectivity index (χ0v) is 28.6. The third kappa shape index (κ3) is 8.88. The highest BCUT2D eigenvalue weighted by atomic mass is 35.5. The lowest BCUT2D eigenvalue weighted by Gasteiger charge is -2.41. The van der Waals surface area contributed by atoms with Gasteiger partial charge in [0.2, 0.25) is 0 Å². The first kappa shape index (κ1) is 35.4. The Morgan fingerprint density at radius 3 is 2.52 bits per heavy atom. The molecule has 0 spiro atoms. The Morgan fingerprint density at radius 2 is 1.89 bits per heavy atom. The van der Waals surface area contributed by atoms with Gasteiger partial charge < -0.3 is 29.0 Å². The minimum absolute atomic E-state index is 0.0619. The van der Waals surface area contributed by atoms with Gasteiger partial charge in [-0.2, -0.15) is 9.61 Å². The summed E-state index contributed by atoms with van der Waals surface area (Å²) in [7, 11) is 0. The molecule has 0 saturated carbocycles. The average Bonchev–Trinajstić information content (AvgIpc) is 3.37. The Bertz CT molecular complexity index is 1540. The van der Waals surface area contributed by atoms with Gasteiger partial charge in [-0.15, -0.1) is 13.2 Å². The molecule has 2 aromatic heterocycles. The van der Waals surface area contributed by atoms with Crippen LogP contribution in [0.3, 0.4) is 0 Å². The summed E-state index contributed by atoms with van der Waals surface area (Å²) in [6.45, 7) is 21.2. The molecule has 46 heavy (non-hydrogen) atoms. The lowest BCUT2D eigenvalue weighted by atomic mass is 9.92. The van der Waals surface area contributed by atoms with Crippen LogP contribution in [0.2, 0.25) is 5.02 Å². The van der Waals surface area contributed by atoms with E-state index in [0.717, 1.165) is 18.4 Å². The molecule has 1 fully saturated rings. The van der Waals surface area contributed by atoms with E-state index in [0.29, 0.717) is 65.3 Å². The molecule has 3 aromatic rings. The first-order valence-corrected chi connectivity index (χ1v) is 16.0. The Hall–Kier alpha value is -3.44. The number of hydrogen-bond donors (Lipinski definition) is 1. The number of aryl methyl sites for hydroxylation is 1. The van der Waals surface area contributed by atoms with Gasteiger partial charge in [0, 0.05) is 41.9 Å². The summed E-state index contributed by atoms with van der Waals surface area (Å²) in [5.74, 6) is 0.227. The van der Waals surface area contributed by atoms with Gasteiger partial charge in [-0.1, -0.05) is 29.8 Å². The zero-order valence-electron chi connectivity index (χ0n) is 27.8. The van der Waals surface area contributed by atoms with E-state index in [9.17, 15) is 9.90 Å². The van der Waals surface area contributed by atoms with Gasteiger partial charge in [-0.25, -0.2) is 9.78 Å². The van der Waals surface area contributed by atoms with Gasteiger partial charge >= 0.3 is 5.97 Å². The standard InChI is InChI=1S/C35H47ClN4O6/c1-9-11-23(3)45-28-19-26(36)13-12-25(28)21-43-22-27-20-29-37-24(4)30(31(33(41)42)46-34(5,6)7)32(40(29)38-27)39-16-14-35(8,15-17-39)44-18-10-2/h9-10,12-13,19-20,23,31H,1-2,11,14-18,21-22H2,3-8H3,(H,41,42)/t23?,31-/m0/s1. The van der Waals surface area contributed by atoms with Gasteiger partial charge in [0.15, 0.2) is 11.8 Å². The number of aromatic nitrogens is 3. The van der Waals surface area contributed by atoms with E-state index < -0.39 is 17.7 Å². The maximum Gasteiger partial charge on any atom is 0.337 e. The van der Waals surface area contributed by atoms with Crippen molar-refractivity contribution in [3.63, 3.8) is 0 Å². The van der Waals surface area contributed by atoms with Crippen molar-refractivity contribution in [1.29, 1.82) is 0 Å². The molecule has 3 heterocycles. The van der Waals surface area contributed by atoms with Crippen molar-refractivity contribution < 1.29 is 28.8 Å². The number of carbonyl (C=O) groups is 1. The third-order valence-corrected chi connectivity index (χ3v) is 8.08. The number of carboxylic acids is 1. The van der Waals surface area contributed by atoms with Gasteiger partial charge in [0.25, 0.3) is 0 Å². The lowest BCUT2D eigenvalue weighted by molar-refractivity contribution is -0.160. The molecule has 0 aliphatic carbocycles. The van der Waals surface area contributed by atoms with Crippen molar-refractivity contribution in [3.05, 3.63) is 77.1 Å². The molecule has 2 atom stereocenters. The lowest BCUT2D eigenvalue weighted by Crippen LogP contribution is -2.45. The summed E-state index contributed by atoms with van der Waals surface area (Å²) < 4.78 is 26.2. The molecule has 1 N–H and O–H groups in total. The average molecular weight is 655 g/mol. The zero-order chi connectivity index (χ0) is 33.6. The van der Waals surface area contributed by atoms with Crippen LogP contribution in [0.5, 0.6) is 5.75 Å². The van der Waals surface area contributed by atoms with Crippen molar-refractivity contribution >= 4 is 29.0 Å². The first-order chi connectivity index (χ1) is 21.7. The second-order valence-electron chi connectivity index (χ2n) is 13.0. The number of hydrogen-bond acceptors (Lipinski definition) is 8. The Balaban J connectivity index is 1.67. The van der Waals surface area contributed by atoms with Crippen LogP contribution in [0.15, 0.2) is 49.6 Å². The molecule has 10 nitrogen and oxygen atoms in total. The molecule has 0 radical (unpaired) electrons. The smallest absolute Gasteiger partial charge is 0.337 e. The van der Waals surface area contributed by atoms with Crippen molar-refractivity contribution in [2.24, 2.45) is 0 Å². The minimum Gasteiger partial charge on any atom is -0.490 e. The Kier molecular flexibility index (Phi) is 11.5. The van der Waals surface area contributed by atoms with E-state index >= 15 is 0 Å². The molecule has 11 heteroatoms. The highest BCUT2D eigenvalue weighted by Gasteiger charge is 2.37. The topological polar surface area (TPSA) is 108 Å². The van der Waals surface area contributed by atoms with Crippen molar-refractivity contribution in [2.45, 2.75) is 97.4 Å². The molecule has 0 bridgehead atoms. The number of nitrogens with zero attached hydrogens (tertiary/aromatic N) is 4. The predicted molar refractivity (Wildman–Crippen MR) is 180 cm³/mol. The summed E-state index contributed by atoms with van der Waals surface area (Å²) in [5.41, 5.74) is 2.15. The molecule has 1 aliphatic rings. The quantitative estimate of drug-likeness (QED) is 0.170. The number of rotatable bonds is 15. The van der Waals surface area contributed by atoms with Crippen LogP contribution >= 0.6 is 11.6 Å². The van der Waals surface area contributed by atoms with E-state index in [-0.39, 0.29) is 24.9 Å². The monoisotopic (exact) mass is 654 g/mol. The van der Waals surface area contributed by atoms with Crippen LogP contribution in [0.4, 0.5) is 5.82 Å². The molecule has 4 rings (SSSR count). The number of carboxylic acid groups (broad SMARTS) is 1. The molecule has 1 unspecified atom stereocenters. The maximum absolute atomic E-state index is 12.7. The molecular weight excluding hydrogens is 608 g/mol. The molecule has 0 amide bonds. The molecule has 1 saturated heterocycles. The van der Waals surface area contributed by atoms with Crippen LogP contribution in [0.25, 0.3) is 5.65 Å². The molecule has 1 aliphatic heterocycles. The van der Waals surface area contributed by atoms with Crippen LogP contribution in [-0.2, 0) is 32.2 Å². The summed E-state index contributed by atoms with van der Waals surface area (Å²) in [4.78, 5) is 19.6. The van der Waals surface area contributed by atoms with Crippen LogP contribution < -0.4 is 9.64 Å². The van der Waals surface area contributed by atoms with Gasteiger partial charge in [-0.3, -0.25) is 0 Å². The van der Waals surface area contributed by atoms with E-state index in [1.54, 1.807) is 22.7 Å².